The number of hydrogen-bond donors (Lipinski definition) is 3. The SMILES string of the molecule is CCc1ccc(OCC(=O)NNC(=O)CCCc2c[nH]c3ccccc23)cc1. The molecule has 1 heterocycles. The molecule has 0 atom stereocenters. The number of hydrazine groups is 1. The van der Waals surface area contributed by atoms with Gasteiger partial charge < -0.3 is 9.72 Å². The molecule has 3 N–H and O–H groups in total. The maximum atomic E-state index is 11.9. The lowest BCUT2D eigenvalue weighted by Crippen LogP contribution is -2.43. The number of carbonyl (C=O) groups excluding carboxylic acids is 2. The van der Waals surface area contributed by atoms with Crippen molar-refractivity contribution in [3.8, 4) is 5.75 Å². The van der Waals surface area contributed by atoms with E-state index in [0.29, 0.717) is 18.6 Å². The summed E-state index contributed by atoms with van der Waals surface area (Å²) in [4.78, 5) is 26.9. The van der Waals surface area contributed by atoms with Gasteiger partial charge in [0.1, 0.15) is 5.75 Å². The highest BCUT2D eigenvalue weighted by Crippen LogP contribution is 2.19. The standard InChI is InChI=1S/C22H25N3O3/c1-2-16-10-12-18(13-11-16)28-15-22(27)25-24-21(26)9-5-6-17-14-23-20-8-4-3-7-19(17)20/h3-4,7-8,10-14,23H,2,5-6,9,15H2,1H3,(H,24,26)(H,25,27). The molecule has 0 unspecified atom stereocenters. The predicted molar refractivity (Wildman–Crippen MR) is 109 cm³/mol. The van der Waals surface area contributed by atoms with E-state index in [4.69, 9.17) is 4.74 Å². The molecule has 6 nitrogen and oxygen atoms in total. The maximum Gasteiger partial charge on any atom is 0.276 e. The first-order valence-corrected chi connectivity index (χ1v) is 9.50. The van der Waals surface area contributed by atoms with Crippen LogP contribution in [0.3, 0.4) is 0 Å². The second kappa shape index (κ2) is 9.60. The van der Waals surface area contributed by atoms with Gasteiger partial charge in [-0.1, -0.05) is 37.3 Å². The molecule has 2 amide bonds. The number of aromatic amines is 1. The van der Waals surface area contributed by atoms with Crippen LogP contribution in [0, 0.1) is 0 Å². The number of rotatable bonds is 8. The van der Waals surface area contributed by atoms with Crippen molar-refractivity contribution in [2.24, 2.45) is 0 Å². The third-order valence-corrected chi connectivity index (χ3v) is 4.57. The average Bonchev–Trinajstić information content (AvgIpc) is 3.14. The summed E-state index contributed by atoms with van der Waals surface area (Å²) < 4.78 is 5.40. The van der Waals surface area contributed by atoms with Gasteiger partial charge in [0.25, 0.3) is 5.91 Å². The van der Waals surface area contributed by atoms with Crippen LogP contribution in [0.25, 0.3) is 10.9 Å². The Morgan fingerprint density at radius 2 is 1.75 bits per heavy atom. The minimum Gasteiger partial charge on any atom is -0.484 e. The lowest BCUT2D eigenvalue weighted by Gasteiger charge is -2.09. The maximum absolute atomic E-state index is 11.9. The Morgan fingerprint density at radius 1 is 1.00 bits per heavy atom. The van der Waals surface area contributed by atoms with E-state index < -0.39 is 5.91 Å². The van der Waals surface area contributed by atoms with Gasteiger partial charge in [0.2, 0.25) is 5.91 Å². The third kappa shape index (κ3) is 5.36. The molecule has 0 aliphatic rings. The molecule has 28 heavy (non-hydrogen) atoms. The van der Waals surface area contributed by atoms with Gasteiger partial charge in [-0.2, -0.15) is 0 Å². The lowest BCUT2D eigenvalue weighted by atomic mass is 10.1. The number of aromatic nitrogens is 1. The van der Waals surface area contributed by atoms with Crippen molar-refractivity contribution in [1.29, 1.82) is 0 Å². The molecule has 0 fully saturated rings. The van der Waals surface area contributed by atoms with Crippen LogP contribution < -0.4 is 15.6 Å². The summed E-state index contributed by atoms with van der Waals surface area (Å²) in [6.45, 7) is 1.92. The normalized spacial score (nSPS) is 10.6. The molecule has 0 bridgehead atoms. The second-order valence-corrected chi connectivity index (χ2v) is 6.60. The van der Waals surface area contributed by atoms with Crippen LogP contribution in [0.2, 0.25) is 0 Å². The molecule has 0 aliphatic carbocycles. The fourth-order valence-corrected chi connectivity index (χ4v) is 2.99. The number of nitrogens with one attached hydrogen (secondary N) is 3. The Labute approximate surface area is 164 Å². The van der Waals surface area contributed by atoms with Gasteiger partial charge >= 0.3 is 0 Å². The zero-order valence-corrected chi connectivity index (χ0v) is 16.0. The largest absolute Gasteiger partial charge is 0.484 e. The minimum atomic E-state index is -0.399. The van der Waals surface area contributed by atoms with E-state index in [-0.39, 0.29) is 12.5 Å². The van der Waals surface area contributed by atoms with E-state index in [9.17, 15) is 9.59 Å². The summed E-state index contributed by atoms with van der Waals surface area (Å²) in [5.74, 6) is 0.00226. The Hall–Kier alpha value is -3.28. The summed E-state index contributed by atoms with van der Waals surface area (Å²) in [7, 11) is 0. The highest BCUT2D eigenvalue weighted by molar-refractivity contribution is 5.84. The van der Waals surface area contributed by atoms with Crippen LogP contribution in [-0.2, 0) is 22.4 Å². The molecular formula is C22H25N3O3. The Morgan fingerprint density at radius 3 is 2.54 bits per heavy atom. The average molecular weight is 379 g/mol. The predicted octanol–water partition coefficient (Wildman–Crippen LogP) is 3.28. The van der Waals surface area contributed by atoms with Gasteiger partial charge in [0.15, 0.2) is 6.61 Å². The smallest absolute Gasteiger partial charge is 0.276 e. The number of carbonyl (C=O) groups is 2. The van der Waals surface area contributed by atoms with Gasteiger partial charge in [-0.25, -0.2) is 0 Å². The van der Waals surface area contributed by atoms with Crippen LogP contribution in [0.4, 0.5) is 0 Å². The minimum absolute atomic E-state index is 0.152. The first-order valence-electron chi connectivity index (χ1n) is 9.50. The summed E-state index contributed by atoms with van der Waals surface area (Å²) in [5.41, 5.74) is 8.30. The topological polar surface area (TPSA) is 83.2 Å². The molecule has 0 aliphatic heterocycles. The number of amides is 2. The van der Waals surface area contributed by atoms with Crippen molar-refractivity contribution < 1.29 is 14.3 Å². The van der Waals surface area contributed by atoms with Crippen molar-refractivity contribution in [1.82, 2.24) is 15.8 Å². The summed E-state index contributed by atoms with van der Waals surface area (Å²) in [6.07, 6.45) is 4.76. The molecule has 146 valence electrons. The van der Waals surface area contributed by atoms with E-state index >= 15 is 0 Å². The van der Waals surface area contributed by atoms with E-state index in [0.717, 1.165) is 18.4 Å². The fourth-order valence-electron chi connectivity index (χ4n) is 2.99. The van der Waals surface area contributed by atoms with Crippen LogP contribution in [0.15, 0.2) is 54.7 Å². The van der Waals surface area contributed by atoms with Crippen LogP contribution in [-0.4, -0.2) is 23.4 Å². The Kier molecular flexibility index (Phi) is 6.68. The zero-order chi connectivity index (χ0) is 19.8. The van der Waals surface area contributed by atoms with Gasteiger partial charge in [-0.3, -0.25) is 20.4 Å². The number of hydrogen-bond acceptors (Lipinski definition) is 3. The van der Waals surface area contributed by atoms with Crippen molar-refractivity contribution in [2.75, 3.05) is 6.61 Å². The number of benzene rings is 2. The molecule has 3 aromatic rings. The van der Waals surface area contributed by atoms with Crippen LogP contribution in [0.1, 0.15) is 30.9 Å². The molecule has 0 radical (unpaired) electrons. The Balaban J connectivity index is 1.33. The number of aryl methyl sites for hydroxylation is 2. The van der Waals surface area contributed by atoms with Gasteiger partial charge in [-0.05, 0) is 48.6 Å². The van der Waals surface area contributed by atoms with Crippen molar-refractivity contribution in [3.05, 3.63) is 65.9 Å². The number of fused-ring (bicyclic) bond motifs is 1. The van der Waals surface area contributed by atoms with Crippen LogP contribution in [0.5, 0.6) is 5.75 Å². The van der Waals surface area contributed by atoms with Gasteiger partial charge in [0, 0.05) is 23.5 Å². The highest BCUT2D eigenvalue weighted by atomic mass is 16.5. The van der Waals surface area contributed by atoms with Crippen LogP contribution >= 0.6 is 0 Å². The van der Waals surface area contributed by atoms with E-state index in [2.05, 4.69) is 28.8 Å². The van der Waals surface area contributed by atoms with Crippen molar-refractivity contribution in [3.63, 3.8) is 0 Å². The lowest BCUT2D eigenvalue weighted by molar-refractivity contribution is -0.130. The molecule has 2 aromatic carbocycles. The molecule has 0 saturated carbocycles. The van der Waals surface area contributed by atoms with Gasteiger partial charge in [-0.15, -0.1) is 0 Å². The molecular weight excluding hydrogens is 354 g/mol. The van der Waals surface area contributed by atoms with E-state index in [1.165, 1.54) is 16.5 Å². The first kappa shape index (κ1) is 19.5. The third-order valence-electron chi connectivity index (χ3n) is 4.57. The Bertz CT molecular complexity index is 932. The quantitative estimate of drug-likeness (QED) is 0.525. The molecule has 6 heteroatoms. The summed E-state index contributed by atoms with van der Waals surface area (Å²) in [5, 5.41) is 1.18. The van der Waals surface area contributed by atoms with Crippen molar-refractivity contribution in [2.45, 2.75) is 32.6 Å². The summed E-state index contributed by atoms with van der Waals surface area (Å²) >= 11 is 0. The number of ether oxygens (including phenoxy) is 1. The zero-order valence-electron chi connectivity index (χ0n) is 16.0. The van der Waals surface area contributed by atoms with Gasteiger partial charge in [0.05, 0.1) is 0 Å². The first-order chi connectivity index (χ1) is 13.7. The van der Waals surface area contributed by atoms with Crippen molar-refractivity contribution >= 4 is 22.7 Å². The second-order valence-electron chi connectivity index (χ2n) is 6.60. The number of para-hydroxylation sites is 1. The number of H-pyrrole nitrogens is 1. The van der Waals surface area contributed by atoms with E-state index in [1.807, 2.05) is 48.7 Å². The summed E-state index contributed by atoms with van der Waals surface area (Å²) in [6, 6.07) is 15.7. The molecule has 3 rings (SSSR count). The molecule has 0 spiro atoms. The highest BCUT2D eigenvalue weighted by Gasteiger charge is 2.07. The van der Waals surface area contributed by atoms with E-state index in [1.54, 1.807) is 0 Å². The molecule has 0 saturated heterocycles. The molecule has 1 aromatic heterocycles. The monoisotopic (exact) mass is 379 g/mol. The fraction of sp³-hybridized carbons (Fsp3) is 0.273.